The third-order valence-electron chi connectivity index (χ3n) is 5.89. The minimum absolute atomic E-state index is 0.0312. The van der Waals surface area contributed by atoms with E-state index in [1.54, 1.807) is 13.0 Å². The van der Waals surface area contributed by atoms with Gasteiger partial charge in [-0.3, -0.25) is 4.79 Å². The van der Waals surface area contributed by atoms with E-state index in [9.17, 15) is 9.59 Å². The van der Waals surface area contributed by atoms with E-state index < -0.39 is 0 Å². The number of carbonyl (C=O) groups excluding carboxylic acids is 2. The van der Waals surface area contributed by atoms with Crippen molar-refractivity contribution in [1.82, 2.24) is 4.90 Å². The molecule has 0 radical (unpaired) electrons. The maximum absolute atomic E-state index is 12.6. The van der Waals surface area contributed by atoms with Crippen LogP contribution in [0.5, 0.6) is 0 Å². The Morgan fingerprint density at radius 1 is 0.829 bits per heavy atom. The largest absolute Gasteiger partial charge is 0.457 e. The molecule has 0 N–H and O–H groups in total. The smallest absolute Gasteiger partial charge is 0.338 e. The number of rotatable bonds is 8. The van der Waals surface area contributed by atoms with Gasteiger partial charge in [0.1, 0.15) is 6.61 Å². The van der Waals surface area contributed by atoms with Gasteiger partial charge in [-0.1, -0.05) is 75.6 Å². The van der Waals surface area contributed by atoms with Crippen LogP contribution in [0, 0.1) is 13.8 Å². The Hall–Kier alpha value is -3.18. The van der Waals surface area contributed by atoms with E-state index in [2.05, 4.69) is 48.0 Å². The predicted octanol–water partition coefficient (Wildman–Crippen LogP) is 7.39. The van der Waals surface area contributed by atoms with E-state index in [0.29, 0.717) is 18.7 Å². The standard InChI is InChI=1S/C30H32BrNO3/c1-6-22(4)27-14-28(16-29(31)15-27)30(34)35-19-25-9-7-24(8-10-25)17-32(23(5)33)18-26-12-20(2)11-21(3)13-26/h6-16H,17-19H2,1-5H3/b22-6+. The van der Waals surface area contributed by atoms with Crippen molar-refractivity contribution >= 4 is 33.4 Å². The number of hydrogen-bond acceptors (Lipinski definition) is 3. The molecule has 4 nitrogen and oxygen atoms in total. The molecule has 1 amide bonds. The molecule has 0 unspecified atom stereocenters. The molecule has 0 saturated carbocycles. The fraction of sp³-hybridized carbons (Fsp3) is 0.267. The number of ether oxygens (including phenoxy) is 1. The number of nitrogens with zero attached hydrogens (tertiary/aromatic N) is 1. The third kappa shape index (κ3) is 7.66. The van der Waals surface area contributed by atoms with Crippen LogP contribution in [-0.4, -0.2) is 16.8 Å². The van der Waals surface area contributed by atoms with Crippen LogP contribution in [0.15, 0.2) is 71.2 Å². The first kappa shape index (κ1) is 26.4. The second-order valence-electron chi connectivity index (χ2n) is 8.96. The molecule has 3 aromatic rings. The molecular weight excluding hydrogens is 502 g/mol. The SMILES string of the molecule is C/C=C(\C)c1cc(Br)cc(C(=O)OCc2ccc(CN(Cc3cc(C)cc(C)c3)C(C)=O)cc2)c1. The van der Waals surface area contributed by atoms with Gasteiger partial charge in [0.05, 0.1) is 5.56 Å². The molecule has 3 rings (SSSR count). The van der Waals surface area contributed by atoms with Gasteiger partial charge in [0.2, 0.25) is 5.91 Å². The lowest BCUT2D eigenvalue weighted by molar-refractivity contribution is -0.130. The molecule has 0 saturated heterocycles. The lowest BCUT2D eigenvalue weighted by Gasteiger charge is -2.22. The third-order valence-corrected chi connectivity index (χ3v) is 6.35. The quantitative estimate of drug-likeness (QED) is 0.283. The van der Waals surface area contributed by atoms with Crippen molar-refractivity contribution in [2.75, 3.05) is 0 Å². The second kappa shape index (κ2) is 12.0. The van der Waals surface area contributed by atoms with Gasteiger partial charge < -0.3 is 9.64 Å². The Labute approximate surface area is 216 Å². The van der Waals surface area contributed by atoms with Crippen LogP contribution < -0.4 is 0 Å². The summed E-state index contributed by atoms with van der Waals surface area (Å²) in [5, 5.41) is 0. The van der Waals surface area contributed by atoms with Crippen LogP contribution in [0.25, 0.3) is 5.57 Å². The highest BCUT2D eigenvalue weighted by Gasteiger charge is 2.13. The fourth-order valence-corrected chi connectivity index (χ4v) is 4.45. The molecule has 0 spiro atoms. The zero-order valence-electron chi connectivity index (χ0n) is 21.0. The second-order valence-corrected chi connectivity index (χ2v) is 9.88. The van der Waals surface area contributed by atoms with Gasteiger partial charge in [-0.05, 0) is 73.7 Å². The molecule has 0 fully saturated rings. The summed E-state index contributed by atoms with van der Waals surface area (Å²) in [7, 11) is 0. The number of allylic oxidation sites excluding steroid dienone is 2. The Morgan fingerprint density at radius 2 is 1.40 bits per heavy atom. The molecule has 0 atom stereocenters. The van der Waals surface area contributed by atoms with E-state index in [4.69, 9.17) is 4.74 Å². The lowest BCUT2D eigenvalue weighted by Crippen LogP contribution is -2.27. The van der Waals surface area contributed by atoms with Gasteiger partial charge in [0.25, 0.3) is 0 Å². The first-order valence-electron chi connectivity index (χ1n) is 11.7. The molecule has 0 aromatic heterocycles. The highest BCUT2D eigenvalue weighted by Crippen LogP contribution is 2.22. The van der Waals surface area contributed by atoms with Crippen LogP contribution in [0.2, 0.25) is 0 Å². The van der Waals surface area contributed by atoms with Crippen molar-refractivity contribution in [3.05, 3.63) is 110 Å². The fourth-order valence-electron chi connectivity index (χ4n) is 3.95. The first-order chi connectivity index (χ1) is 16.6. The zero-order valence-corrected chi connectivity index (χ0v) is 22.6. The number of amides is 1. The van der Waals surface area contributed by atoms with Gasteiger partial charge in [0.15, 0.2) is 0 Å². The van der Waals surface area contributed by atoms with Crippen molar-refractivity contribution in [1.29, 1.82) is 0 Å². The maximum atomic E-state index is 12.6. The summed E-state index contributed by atoms with van der Waals surface area (Å²) < 4.78 is 6.39. The van der Waals surface area contributed by atoms with E-state index in [-0.39, 0.29) is 18.5 Å². The molecule has 0 aliphatic carbocycles. The molecule has 0 heterocycles. The predicted molar refractivity (Wildman–Crippen MR) is 145 cm³/mol. The Morgan fingerprint density at radius 3 is 2.00 bits per heavy atom. The maximum Gasteiger partial charge on any atom is 0.338 e. The highest BCUT2D eigenvalue weighted by molar-refractivity contribution is 9.10. The van der Waals surface area contributed by atoms with Crippen molar-refractivity contribution in [2.24, 2.45) is 0 Å². The summed E-state index contributed by atoms with van der Waals surface area (Å²) in [6.07, 6.45) is 2.01. The number of aryl methyl sites for hydroxylation is 2. The summed E-state index contributed by atoms with van der Waals surface area (Å²) in [6, 6.07) is 19.8. The normalized spacial score (nSPS) is 11.3. The monoisotopic (exact) mass is 533 g/mol. The number of hydrogen-bond donors (Lipinski definition) is 0. The number of benzene rings is 3. The average molecular weight is 534 g/mol. The summed E-state index contributed by atoms with van der Waals surface area (Å²) in [5.41, 5.74) is 8.01. The highest BCUT2D eigenvalue weighted by atomic mass is 79.9. The number of esters is 1. The van der Waals surface area contributed by atoms with Crippen LogP contribution in [-0.2, 0) is 29.2 Å². The van der Waals surface area contributed by atoms with E-state index in [1.165, 1.54) is 11.1 Å². The number of halogens is 1. The summed E-state index contributed by atoms with van der Waals surface area (Å²) in [6.45, 7) is 11.0. The van der Waals surface area contributed by atoms with Crippen molar-refractivity contribution < 1.29 is 14.3 Å². The van der Waals surface area contributed by atoms with Crippen LogP contribution in [0.3, 0.4) is 0 Å². The lowest BCUT2D eigenvalue weighted by atomic mass is 10.0. The van der Waals surface area contributed by atoms with Crippen molar-refractivity contribution in [3.63, 3.8) is 0 Å². The molecule has 3 aromatic carbocycles. The summed E-state index contributed by atoms with van der Waals surface area (Å²) in [4.78, 5) is 26.7. The van der Waals surface area contributed by atoms with Crippen molar-refractivity contribution in [3.8, 4) is 0 Å². The van der Waals surface area contributed by atoms with Crippen LogP contribution >= 0.6 is 15.9 Å². The van der Waals surface area contributed by atoms with Gasteiger partial charge >= 0.3 is 5.97 Å². The van der Waals surface area contributed by atoms with Crippen LogP contribution in [0.4, 0.5) is 0 Å². The van der Waals surface area contributed by atoms with Crippen LogP contribution in [0.1, 0.15) is 64.5 Å². The number of carbonyl (C=O) groups is 2. The minimum Gasteiger partial charge on any atom is -0.457 e. The Balaban J connectivity index is 1.63. The average Bonchev–Trinajstić information content (AvgIpc) is 2.81. The van der Waals surface area contributed by atoms with E-state index in [1.807, 2.05) is 61.2 Å². The van der Waals surface area contributed by atoms with Crippen molar-refractivity contribution in [2.45, 2.75) is 54.3 Å². The molecule has 0 aliphatic rings. The van der Waals surface area contributed by atoms with Gasteiger partial charge in [-0.2, -0.15) is 0 Å². The Kier molecular flexibility index (Phi) is 9.05. The Bertz CT molecular complexity index is 1220. The van der Waals surface area contributed by atoms with E-state index in [0.717, 1.165) is 32.3 Å². The molecule has 35 heavy (non-hydrogen) atoms. The van der Waals surface area contributed by atoms with Gasteiger partial charge in [0, 0.05) is 24.5 Å². The minimum atomic E-state index is -0.364. The zero-order chi connectivity index (χ0) is 25.5. The first-order valence-corrected chi connectivity index (χ1v) is 12.5. The molecular formula is C30H32BrNO3. The topological polar surface area (TPSA) is 46.6 Å². The van der Waals surface area contributed by atoms with Gasteiger partial charge in [-0.15, -0.1) is 0 Å². The molecule has 0 aliphatic heterocycles. The van der Waals surface area contributed by atoms with Gasteiger partial charge in [-0.25, -0.2) is 4.79 Å². The molecule has 0 bridgehead atoms. The summed E-state index contributed by atoms with van der Waals surface area (Å²) >= 11 is 3.48. The molecule has 5 heteroatoms. The van der Waals surface area contributed by atoms with E-state index >= 15 is 0 Å². The molecule has 182 valence electrons. The summed E-state index contributed by atoms with van der Waals surface area (Å²) in [5.74, 6) is -0.333.